The molecule has 13 heteroatoms. The Labute approximate surface area is 247 Å². The molecule has 2 aromatic heterocycles. The van der Waals surface area contributed by atoms with Crippen LogP contribution in [-0.4, -0.2) is 77.8 Å². The Morgan fingerprint density at radius 1 is 0.977 bits per heavy atom. The first-order valence-electron chi connectivity index (χ1n) is 14.1. The van der Waals surface area contributed by atoms with Gasteiger partial charge in [0.15, 0.2) is 29.6 Å². The number of carbonyl (C=O) groups is 2. The summed E-state index contributed by atoms with van der Waals surface area (Å²) in [4.78, 5) is 44.1. The van der Waals surface area contributed by atoms with Gasteiger partial charge < -0.3 is 39.5 Å². The number of amides is 2. The second-order valence-electron chi connectivity index (χ2n) is 10.4. The quantitative estimate of drug-likeness (QED) is 0.325. The molecule has 4 bridgehead atoms. The van der Waals surface area contributed by atoms with Crippen molar-refractivity contribution in [2.75, 3.05) is 38.8 Å². The Morgan fingerprint density at radius 3 is 2.72 bits per heavy atom. The van der Waals surface area contributed by atoms with E-state index in [4.69, 9.17) is 18.9 Å². The number of methoxy groups -OCH3 is 2. The summed E-state index contributed by atoms with van der Waals surface area (Å²) in [5, 5.41) is 6.09. The molecule has 3 aliphatic heterocycles. The van der Waals surface area contributed by atoms with Gasteiger partial charge in [-0.05, 0) is 36.2 Å². The number of carbonyl (C=O) groups excluding carboxylic acids is 2. The van der Waals surface area contributed by atoms with E-state index in [9.17, 15) is 9.59 Å². The van der Waals surface area contributed by atoms with Gasteiger partial charge in [-0.15, -0.1) is 0 Å². The molecule has 1 fully saturated rings. The number of imidazole rings is 1. The van der Waals surface area contributed by atoms with Crippen molar-refractivity contribution in [3.05, 3.63) is 60.2 Å². The van der Waals surface area contributed by atoms with Crippen LogP contribution in [0.25, 0.3) is 11.2 Å². The molecule has 2 amide bonds. The summed E-state index contributed by atoms with van der Waals surface area (Å²) in [6.07, 6.45) is 4.09. The Morgan fingerprint density at radius 2 is 1.86 bits per heavy atom. The average molecular weight is 588 g/mol. The number of nitrogens with zero attached hydrogens (tertiary/aromatic N) is 4. The fourth-order valence-corrected chi connectivity index (χ4v) is 5.43. The van der Waals surface area contributed by atoms with Crippen LogP contribution in [0.3, 0.4) is 0 Å². The third-order valence-electron chi connectivity index (χ3n) is 7.65. The largest absolute Gasteiger partial charge is 0.496 e. The van der Waals surface area contributed by atoms with E-state index in [2.05, 4.69) is 35.5 Å². The standard InChI is InChI=1S/C30H33N7O6/c1-40-23-7-3-18-4-8-26(38)31-13-19-5-6-20(12-24(19)41-2)43-22-9-10-37(30-28-29(33-16-32-28)34-17-35-30)14-21(22)36-27(39)15-42-25(23)11-18/h3,5-7,11-12,16-17,21-22H,4,8-10,13-15H2,1-2H3,(H,31,38)(H,36,39)(H,32,33,34,35)/t21-,22+/m1/s1. The zero-order chi connectivity index (χ0) is 29.8. The van der Waals surface area contributed by atoms with Gasteiger partial charge in [0.05, 0.1) is 26.6 Å². The van der Waals surface area contributed by atoms with Crippen molar-refractivity contribution < 1.29 is 28.5 Å². The molecular weight excluding hydrogens is 554 g/mol. The first kappa shape index (κ1) is 28.1. The fourth-order valence-electron chi connectivity index (χ4n) is 5.43. The van der Waals surface area contributed by atoms with Crippen molar-refractivity contribution in [2.24, 2.45) is 0 Å². The summed E-state index contributed by atoms with van der Waals surface area (Å²) >= 11 is 0. The molecule has 224 valence electrons. The number of hydrogen-bond donors (Lipinski definition) is 3. The molecule has 2 atom stereocenters. The second kappa shape index (κ2) is 12.4. The van der Waals surface area contributed by atoms with Gasteiger partial charge in [0.1, 0.15) is 29.4 Å². The van der Waals surface area contributed by atoms with E-state index in [0.29, 0.717) is 66.9 Å². The molecule has 2 aromatic carbocycles. The highest BCUT2D eigenvalue weighted by molar-refractivity contribution is 5.83. The maximum Gasteiger partial charge on any atom is 0.258 e. The molecule has 0 radical (unpaired) electrons. The number of rotatable bonds is 3. The topological polar surface area (TPSA) is 153 Å². The Bertz CT molecular complexity index is 1630. The van der Waals surface area contributed by atoms with Crippen LogP contribution in [0.1, 0.15) is 24.0 Å². The monoisotopic (exact) mass is 587 g/mol. The third-order valence-corrected chi connectivity index (χ3v) is 7.65. The molecule has 4 aromatic rings. The van der Waals surface area contributed by atoms with Crippen LogP contribution in [0, 0.1) is 0 Å². The Kier molecular flexibility index (Phi) is 8.11. The molecule has 3 N–H and O–H groups in total. The molecule has 0 spiro atoms. The Hall–Kier alpha value is -5.07. The highest BCUT2D eigenvalue weighted by Gasteiger charge is 2.34. The van der Waals surface area contributed by atoms with Crippen LogP contribution in [0.15, 0.2) is 49.1 Å². The number of aromatic nitrogens is 4. The van der Waals surface area contributed by atoms with E-state index in [0.717, 1.165) is 16.6 Å². The molecule has 1 saturated heterocycles. The maximum absolute atomic E-state index is 13.3. The summed E-state index contributed by atoms with van der Waals surface area (Å²) in [5.74, 6) is 2.42. The van der Waals surface area contributed by atoms with Gasteiger partial charge in [0.25, 0.3) is 5.91 Å². The van der Waals surface area contributed by atoms with Crippen LogP contribution in [0.2, 0.25) is 0 Å². The number of benzene rings is 2. The smallest absolute Gasteiger partial charge is 0.258 e. The van der Waals surface area contributed by atoms with Crippen molar-refractivity contribution in [3.63, 3.8) is 0 Å². The van der Waals surface area contributed by atoms with Crippen molar-refractivity contribution >= 4 is 28.8 Å². The van der Waals surface area contributed by atoms with E-state index in [1.165, 1.54) is 6.33 Å². The lowest BCUT2D eigenvalue weighted by Crippen LogP contribution is -2.58. The molecule has 7 rings (SSSR count). The van der Waals surface area contributed by atoms with Gasteiger partial charge in [-0.2, -0.15) is 0 Å². The van der Waals surface area contributed by atoms with Crippen molar-refractivity contribution in [3.8, 4) is 23.0 Å². The number of aryl methyl sites for hydroxylation is 1. The number of ether oxygens (including phenoxy) is 4. The normalized spacial score (nSPS) is 19.5. The van der Waals surface area contributed by atoms with Crippen LogP contribution >= 0.6 is 0 Å². The van der Waals surface area contributed by atoms with Gasteiger partial charge >= 0.3 is 0 Å². The van der Waals surface area contributed by atoms with E-state index in [1.807, 2.05) is 18.2 Å². The minimum atomic E-state index is -0.405. The number of anilines is 1. The summed E-state index contributed by atoms with van der Waals surface area (Å²) in [5.41, 5.74) is 3.01. The Balaban J connectivity index is 1.30. The van der Waals surface area contributed by atoms with Crippen LogP contribution in [-0.2, 0) is 22.6 Å². The minimum absolute atomic E-state index is 0.0938. The highest BCUT2D eigenvalue weighted by Crippen LogP contribution is 2.31. The first-order valence-corrected chi connectivity index (χ1v) is 14.1. The average Bonchev–Trinajstić information content (AvgIpc) is 3.52. The number of aromatic amines is 1. The summed E-state index contributed by atoms with van der Waals surface area (Å²) in [6, 6.07) is 10.6. The zero-order valence-corrected chi connectivity index (χ0v) is 24.0. The lowest BCUT2D eigenvalue weighted by molar-refractivity contribution is -0.124. The molecule has 0 unspecified atom stereocenters. The molecule has 3 aliphatic rings. The lowest BCUT2D eigenvalue weighted by atomic mass is 10.0. The van der Waals surface area contributed by atoms with Crippen molar-refractivity contribution in [2.45, 2.75) is 38.0 Å². The SMILES string of the molecule is COc1cc2ccc1CNC(=O)CCc1ccc(OC)c(c1)OCC(=O)N[C@@H]1CN(c3ncnc4nc[nH]c34)CC[C@@H]1O2. The fraction of sp³-hybridized carbons (Fsp3) is 0.367. The van der Waals surface area contributed by atoms with Gasteiger partial charge in [-0.3, -0.25) is 9.59 Å². The molecule has 13 nitrogen and oxygen atoms in total. The van der Waals surface area contributed by atoms with Gasteiger partial charge in [-0.1, -0.05) is 6.07 Å². The predicted molar refractivity (Wildman–Crippen MR) is 157 cm³/mol. The van der Waals surface area contributed by atoms with Crippen LogP contribution in [0.4, 0.5) is 5.82 Å². The number of fused-ring (bicyclic) bond motifs is 10. The maximum atomic E-state index is 13.3. The molecular formula is C30H33N7O6. The van der Waals surface area contributed by atoms with E-state index in [1.54, 1.807) is 38.7 Å². The predicted octanol–water partition coefficient (Wildman–Crippen LogP) is 2.15. The third kappa shape index (κ3) is 6.25. The van der Waals surface area contributed by atoms with Gasteiger partial charge in [0, 0.05) is 44.1 Å². The van der Waals surface area contributed by atoms with E-state index >= 15 is 0 Å². The summed E-state index contributed by atoms with van der Waals surface area (Å²) in [7, 11) is 3.12. The molecule has 5 heterocycles. The second-order valence-corrected chi connectivity index (χ2v) is 10.4. The number of H-pyrrole nitrogens is 1. The van der Waals surface area contributed by atoms with Crippen LogP contribution < -0.4 is 34.5 Å². The number of hydrogen-bond acceptors (Lipinski definition) is 10. The molecule has 0 aliphatic carbocycles. The zero-order valence-electron chi connectivity index (χ0n) is 24.0. The minimum Gasteiger partial charge on any atom is -0.496 e. The summed E-state index contributed by atoms with van der Waals surface area (Å²) in [6.45, 7) is 1.15. The number of piperidine rings is 1. The van der Waals surface area contributed by atoms with E-state index < -0.39 is 6.04 Å². The molecule has 0 saturated carbocycles. The van der Waals surface area contributed by atoms with Gasteiger partial charge in [-0.25, -0.2) is 15.0 Å². The van der Waals surface area contributed by atoms with Crippen molar-refractivity contribution in [1.29, 1.82) is 0 Å². The highest BCUT2D eigenvalue weighted by atomic mass is 16.5. The first-order chi connectivity index (χ1) is 21.0. The van der Waals surface area contributed by atoms with E-state index in [-0.39, 0.29) is 30.9 Å². The lowest BCUT2D eigenvalue weighted by Gasteiger charge is -2.39. The summed E-state index contributed by atoms with van der Waals surface area (Å²) < 4.78 is 23.4. The van der Waals surface area contributed by atoms with Gasteiger partial charge in [0.2, 0.25) is 5.91 Å². The number of nitrogens with one attached hydrogen (secondary N) is 3. The van der Waals surface area contributed by atoms with Crippen molar-refractivity contribution in [1.82, 2.24) is 30.6 Å². The molecule has 43 heavy (non-hydrogen) atoms. The van der Waals surface area contributed by atoms with Crippen LogP contribution in [0.5, 0.6) is 23.0 Å².